The predicted molar refractivity (Wildman–Crippen MR) is 116 cm³/mol. The van der Waals surface area contributed by atoms with Gasteiger partial charge in [-0.2, -0.15) is 10.2 Å². The van der Waals surface area contributed by atoms with Crippen molar-refractivity contribution in [3.63, 3.8) is 0 Å². The van der Waals surface area contributed by atoms with Crippen molar-refractivity contribution in [2.24, 2.45) is 12.1 Å². The maximum Gasteiger partial charge on any atom is 0.271 e. The van der Waals surface area contributed by atoms with E-state index in [0.29, 0.717) is 5.56 Å². The van der Waals surface area contributed by atoms with Crippen LogP contribution >= 0.6 is 11.8 Å². The minimum atomic E-state index is -0.269. The van der Waals surface area contributed by atoms with E-state index in [4.69, 9.17) is 0 Å². The van der Waals surface area contributed by atoms with Crippen molar-refractivity contribution in [3.8, 4) is 5.69 Å². The van der Waals surface area contributed by atoms with E-state index in [1.807, 2.05) is 60.3 Å². The Kier molecular flexibility index (Phi) is 6.00. The summed E-state index contributed by atoms with van der Waals surface area (Å²) in [6.45, 7) is 0. The number of hydrogen-bond acceptors (Lipinski definition) is 6. The number of aromatic nitrogens is 5. The van der Waals surface area contributed by atoms with Crippen LogP contribution in [0.15, 0.2) is 83.6 Å². The number of nitrogens with one attached hydrogen (secondary N) is 1. The first-order chi connectivity index (χ1) is 14.7. The molecule has 30 heavy (non-hydrogen) atoms. The molecule has 1 N–H and O–H groups in total. The topological polar surface area (TPSA) is 90.0 Å². The molecule has 0 spiro atoms. The van der Waals surface area contributed by atoms with Crippen LogP contribution in [0, 0.1) is 0 Å². The molecule has 0 saturated carbocycles. The summed E-state index contributed by atoms with van der Waals surface area (Å²) in [5.41, 5.74) is 5.92. The molecule has 0 aliphatic carbocycles. The van der Waals surface area contributed by atoms with Gasteiger partial charge in [0.2, 0.25) is 0 Å². The van der Waals surface area contributed by atoms with Gasteiger partial charge in [-0.1, -0.05) is 42.1 Å². The molecule has 0 unspecified atom stereocenters. The van der Waals surface area contributed by atoms with Crippen molar-refractivity contribution in [2.75, 3.05) is 0 Å². The van der Waals surface area contributed by atoms with Crippen LogP contribution in [0.4, 0.5) is 0 Å². The molecule has 0 radical (unpaired) electrons. The fourth-order valence-corrected chi connectivity index (χ4v) is 3.50. The average molecular weight is 417 g/mol. The number of aryl methyl sites for hydroxylation is 1. The normalized spacial score (nSPS) is 11.1. The van der Waals surface area contributed by atoms with Gasteiger partial charge in [-0.25, -0.2) is 10.1 Å². The van der Waals surface area contributed by atoms with E-state index < -0.39 is 0 Å². The van der Waals surface area contributed by atoms with Crippen LogP contribution in [-0.4, -0.2) is 36.7 Å². The lowest BCUT2D eigenvalue weighted by atomic mass is 10.1. The molecule has 0 saturated heterocycles. The fourth-order valence-electron chi connectivity index (χ4n) is 2.66. The molecule has 2 aromatic carbocycles. The van der Waals surface area contributed by atoms with Gasteiger partial charge in [0.1, 0.15) is 6.33 Å². The molecule has 0 atom stereocenters. The van der Waals surface area contributed by atoms with Crippen molar-refractivity contribution >= 4 is 23.9 Å². The summed E-state index contributed by atoms with van der Waals surface area (Å²) in [5, 5.41) is 17.1. The Balaban J connectivity index is 1.30. The Hall–Kier alpha value is -3.72. The summed E-state index contributed by atoms with van der Waals surface area (Å²) in [7, 11) is 1.91. The van der Waals surface area contributed by atoms with Crippen molar-refractivity contribution < 1.29 is 4.79 Å². The lowest BCUT2D eigenvalue weighted by molar-refractivity contribution is 0.0955. The lowest BCUT2D eigenvalue weighted by Gasteiger charge is -2.03. The Bertz CT molecular complexity index is 1150. The van der Waals surface area contributed by atoms with Gasteiger partial charge in [-0.3, -0.25) is 4.79 Å². The fraction of sp³-hybridized carbons (Fsp3) is 0.0952. The Morgan fingerprint density at radius 2 is 1.97 bits per heavy atom. The number of carbonyl (C=O) groups is 1. The van der Waals surface area contributed by atoms with Crippen molar-refractivity contribution in [2.45, 2.75) is 10.9 Å². The Morgan fingerprint density at radius 1 is 1.17 bits per heavy atom. The zero-order valence-corrected chi connectivity index (χ0v) is 17.0. The molecule has 0 fully saturated rings. The molecule has 150 valence electrons. The Morgan fingerprint density at radius 3 is 2.70 bits per heavy atom. The smallest absolute Gasteiger partial charge is 0.271 e. The van der Waals surface area contributed by atoms with Gasteiger partial charge < -0.3 is 4.57 Å². The number of benzene rings is 2. The summed E-state index contributed by atoms with van der Waals surface area (Å²) >= 11 is 1.59. The van der Waals surface area contributed by atoms with E-state index >= 15 is 0 Å². The van der Waals surface area contributed by atoms with Crippen LogP contribution in [0.3, 0.4) is 0 Å². The molecule has 9 heteroatoms. The van der Waals surface area contributed by atoms with Gasteiger partial charge in [0.05, 0.1) is 18.1 Å². The van der Waals surface area contributed by atoms with E-state index in [0.717, 1.165) is 27.7 Å². The number of amides is 1. The van der Waals surface area contributed by atoms with Gasteiger partial charge in [0.15, 0.2) is 5.16 Å². The Labute approximate surface area is 177 Å². The summed E-state index contributed by atoms with van der Waals surface area (Å²) < 4.78 is 3.62. The average Bonchev–Trinajstić information content (AvgIpc) is 3.42. The first kappa shape index (κ1) is 19.6. The highest BCUT2D eigenvalue weighted by atomic mass is 32.2. The minimum absolute atomic E-state index is 0.269. The zero-order chi connectivity index (χ0) is 20.8. The number of nitrogens with zero attached hydrogens (tertiary/aromatic N) is 6. The monoisotopic (exact) mass is 417 g/mol. The summed E-state index contributed by atoms with van der Waals surface area (Å²) in [6.07, 6.45) is 6.76. The SMILES string of the molecule is Cn1cnnc1SCc1ccc(C(=O)N/N=C\c2cnn(-c3ccccc3)c2)cc1. The quantitative estimate of drug-likeness (QED) is 0.284. The first-order valence-corrected chi connectivity index (χ1v) is 10.2. The molecule has 4 aromatic rings. The molecule has 2 aromatic heterocycles. The van der Waals surface area contributed by atoms with Crippen LogP contribution in [0.5, 0.6) is 0 Å². The molecule has 0 bridgehead atoms. The van der Waals surface area contributed by atoms with Gasteiger partial charge in [-0.05, 0) is 29.8 Å². The summed E-state index contributed by atoms with van der Waals surface area (Å²) in [5.74, 6) is 0.479. The highest BCUT2D eigenvalue weighted by molar-refractivity contribution is 7.98. The maximum absolute atomic E-state index is 12.3. The van der Waals surface area contributed by atoms with Crippen LogP contribution in [-0.2, 0) is 12.8 Å². The van der Waals surface area contributed by atoms with Crippen LogP contribution in [0.1, 0.15) is 21.5 Å². The second-order valence-corrected chi connectivity index (χ2v) is 7.41. The number of thioether (sulfide) groups is 1. The first-order valence-electron chi connectivity index (χ1n) is 9.18. The van der Waals surface area contributed by atoms with E-state index in [2.05, 4.69) is 25.8 Å². The molecular formula is C21H19N7OS. The third-order valence-electron chi connectivity index (χ3n) is 4.26. The number of rotatable bonds is 7. The largest absolute Gasteiger partial charge is 0.312 e. The third-order valence-corrected chi connectivity index (χ3v) is 5.36. The summed E-state index contributed by atoms with van der Waals surface area (Å²) in [4.78, 5) is 12.3. The van der Waals surface area contributed by atoms with Gasteiger partial charge in [-0.15, -0.1) is 10.2 Å². The third kappa shape index (κ3) is 4.81. The molecular weight excluding hydrogens is 398 g/mol. The maximum atomic E-state index is 12.3. The van der Waals surface area contributed by atoms with Crippen molar-refractivity contribution in [1.82, 2.24) is 30.0 Å². The zero-order valence-electron chi connectivity index (χ0n) is 16.2. The molecule has 0 aliphatic heterocycles. The van der Waals surface area contributed by atoms with E-state index in [-0.39, 0.29) is 5.91 Å². The standard InChI is InChI=1S/C21H19N7OS/c1-27-15-23-26-21(27)30-14-16-7-9-18(10-8-16)20(29)25-22-11-17-12-24-28(13-17)19-5-3-2-4-6-19/h2-13,15H,14H2,1H3,(H,25,29)/b22-11-. The minimum Gasteiger partial charge on any atom is -0.312 e. The van der Waals surface area contributed by atoms with E-state index in [9.17, 15) is 4.79 Å². The lowest BCUT2D eigenvalue weighted by Crippen LogP contribution is -2.17. The second kappa shape index (κ2) is 9.19. The van der Waals surface area contributed by atoms with Crippen molar-refractivity contribution in [3.05, 3.63) is 90.0 Å². The highest BCUT2D eigenvalue weighted by Crippen LogP contribution is 2.20. The second-order valence-electron chi connectivity index (χ2n) is 6.46. The number of hydrogen-bond donors (Lipinski definition) is 1. The van der Waals surface area contributed by atoms with Gasteiger partial charge >= 0.3 is 0 Å². The molecule has 8 nitrogen and oxygen atoms in total. The van der Waals surface area contributed by atoms with E-state index in [1.54, 1.807) is 47.3 Å². The highest BCUT2D eigenvalue weighted by Gasteiger charge is 2.06. The van der Waals surface area contributed by atoms with Gasteiger partial charge in [0.25, 0.3) is 5.91 Å². The van der Waals surface area contributed by atoms with E-state index in [1.165, 1.54) is 0 Å². The number of hydrazone groups is 1. The number of para-hydroxylation sites is 1. The molecule has 2 heterocycles. The van der Waals surface area contributed by atoms with Crippen LogP contribution < -0.4 is 5.43 Å². The predicted octanol–water partition coefficient (Wildman–Crippen LogP) is 3.06. The van der Waals surface area contributed by atoms with Crippen LogP contribution in [0.25, 0.3) is 5.69 Å². The molecule has 1 amide bonds. The van der Waals surface area contributed by atoms with Crippen molar-refractivity contribution in [1.29, 1.82) is 0 Å². The molecule has 0 aliphatic rings. The van der Waals surface area contributed by atoms with Gasteiger partial charge in [0, 0.05) is 30.1 Å². The molecule has 4 rings (SSSR count). The summed E-state index contributed by atoms with van der Waals surface area (Å²) in [6, 6.07) is 17.2. The number of carbonyl (C=O) groups excluding carboxylic acids is 1. The van der Waals surface area contributed by atoms with Crippen LogP contribution in [0.2, 0.25) is 0 Å².